The minimum Gasteiger partial charge on any atom is -0.399 e. The third kappa shape index (κ3) is 2.28. The summed E-state index contributed by atoms with van der Waals surface area (Å²) >= 11 is 0. The van der Waals surface area contributed by atoms with Gasteiger partial charge in [0.1, 0.15) is 5.82 Å². The maximum atomic E-state index is 13.9. The van der Waals surface area contributed by atoms with Crippen molar-refractivity contribution in [3.63, 3.8) is 0 Å². The van der Waals surface area contributed by atoms with Crippen molar-refractivity contribution < 1.29 is 17.6 Å². The highest BCUT2D eigenvalue weighted by atomic mass is 19.4. The van der Waals surface area contributed by atoms with Crippen molar-refractivity contribution in [2.45, 2.75) is 6.18 Å². The molecule has 108 valence electrons. The summed E-state index contributed by atoms with van der Waals surface area (Å²) in [4.78, 5) is 0. The second-order valence-electron chi connectivity index (χ2n) is 4.41. The lowest BCUT2D eigenvalue weighted by Gasteiger charge is -2.08. The number of halogens is 4. The van der Waals surface area contributed by atoms with Gasteiger partial charge < -0.3 is 5.73 Å². The third-order valence-electron chi connectivity index (χ3n) is 2.96. The van der Waals surface area contributed by atoms with E-state index in [0.29, 0.717) is 0 Å². The minimum absolute atomic E-state index is 0.0198. The first-order valence-electron chi connectivity index (χ1n) is 5.83. The van der Waals surface area contributed by atoms with Crippen LogP contribution in [0.15, 0.2) is 36.5 Å². The van der Waals surface area contributed by atoms with E-state index < -0.39 is 17.6 Å². The predicted octanol–water partition coefficient (Wildman–Crippen LogP) is 3.14. The third-order valence-corrected chi connectivity index (χ3v) is 2.96. The Kier molecular flexibility index (Phi) is 2.82. The highest BCUT2D eigenvalue weighted by Gasteiger charge is 2.31. The normalized spacial score (nSPS) is 12.0. The second kappa shape index (κ2) is 4.44. The molecule has 0 spiro atoms. The van der Waals surface area contributed by atoms with Crippen molar-refractivity contribution in [1.29, 1.82) is 0 Å². The van der Waals surface area contributed by atoms with Crippen LogP contribution >= 0.6 is 0 Å². The number of alkyl halides is 3. The molecule has 0 aliphatic heterocycles. The molecule has 8 heteroatoms. The molecule has 0 saturated heterocycles. The van der Waals surface area contributed by atoms with Crippen LogP contribution in [0.3, 0.4) is 0 Å². The number of pyridine rings is 1. The van der Waals surface area contributed by atoms with Crippen molar-refractivity contribution in [2.24, 2.45) is 0 Å². The number of nitrogens with zero attached hydrogens (tertiary/aromatic N) is 3. The van der Waals surface area contributed by atoms with Crippen LogP contribution in [0.1, 0.15) is 5.56 Å². The summed E-state index contributed by atoms with van der Waals surface area (Å²) in [6.07, 6.45) is -3.67. The highest BCUT2D eigenvalue weighted by molar-refractivity contribution is 5.63. The first-order chi connectivity index (χ1) is 9.86. The van der Waals surface area contributed by atoms with Gasteiger partial charge in [-0.3, -0.25) is 4.40 Å². The molecule has 0 atom stereocenters. The Labute approximate surface area is 115 Å². The Morgan fingerprint density at radius 1 is 1.05 bits per heavy atom. The van der Waals surface area contributed by atoms with Gasteiger partial charge >= 0.3 is 6.18 Å². The van der Waals surface area contributed by atoms with Gasteiger partial charge in [0.15, 0.2) is 11.5 Å². The van der Waals surface area contributed by atoms with E-state index in [1.165, 1.54) is 18.2 Å². The summed E-state index contributed by atoms with van der Waals surface area (Å²) in [5.41, 5.74) is 5.00. The fraction of sp³-hybridized carbons (Fsp3) is 0.0769. The Morgan fingerprint density at radius 2 is 1.81 bits per heavy atom. The summed E-state index contributed by atoms with van der Waals surface area (Å²) < 4.78 is 53.2. The smallest absolute Gasteiger partial charge is 0.399 e. The van der Waals surface area contributed by atoms with E-state index in [2.05, 4.69) is 10.2 Å². The van der Waals surface area contributed by atoms with E-state index in [-0.39, 0.29) is 22.7 Å². The topological polar surface area (TPSA) is 56.2 Å². The monoisotopic (exact) mass is 296 g/mol. The van der Waals surface area contributed by atoms with Crippen molar-refractivity contribution in [1.82, 2.24) is 14.6 Å². The van der Waals surface area contributed by atoms with E-state index in [9.17, 15) is 17.6 Å². The number of hydrogen-bond donors (Lipinski definition) is 1. The molecular weight excluding hydrogens is 288 g/mol. The lowest BCUT2D eigenvalue weighted by atomic mass is 10.2. The average Bonchev–Trinajstić information content (AvgIpc) is 2.80. The zero-order chi connectivity index (χ0) is 15.2. The zero-order valence-electron chi connectivity index (χ0n) is 10.4. The van der Waals surface area contributed by atoms with E-state index in [0.717, 1.165) is 22.7 Å². The van der Waals surface area contributed by atoms with E-state index >= 15 is 0 Å². The van der Waals surface area contributed by atoms with Gasteiger partial charge in [0.25, 0.3) is 0 Å². The SMILES string of the molecule is Nc1ccc(-c2nnc3ccc(C(F)(F)F)cn23)c(F)c1. The molecule has 2 aromatic heterocycles. The Hall–Kier alpha value is -2.64. The maximum Gasteiger partial charge on any atom is 0.417 e. The predicted molar refractivity (Wildman–Crippen MR) is 67.8 cm³/mol. The molecule has 0 bridgehead atoms. The van der Waals surface area contributed by atoms with Crippen molar-refractivity contribution in [3.05, 3.63) is 47.9 Å². The summed E-state index contributed by atoms with van der Waals surface area (Å²) in [5.74, 6) is -0.699. The van der Waals surface area contributed by atoms with Crippen LogP contribution in [0.5, 0.6) is 0 Å². The molecule has 2 N–H and O–H groups in total. The molecule has 0 fully saturated rings. The molecule has 0 unspecified atom stereocenters. The van der Waals surface area contributed by atoms with Crippen molar-refractivity contribution in [3.8, 4) is 11.4 Å². The number of nitrogens with two attached hydrogens (primary N) is 1. The van der Waals surface area contributed by atoms with Gasteiger partial charge in [0.2, 0.25) is 0 Å². The number of benzene rings is 1. The fourth-order valence-electron chi connectivity index (χ4n) is 1.95. The number of aromatic nitrogens is 3. The first-order valence-corrected chi connectivity index (χ1v) is 5.83. The van der Waals surface area contributed by atoms with Gasteiger partial charge in [0.05, 0.1) is 11.1 Å². The molecule has 0 amide bonds. The number of nitrogen functional groups attached to an aromatic ring is 1. The highest BCUT2D eigenvalue weighted by Crippen LogP contribution is 2.30. The Morgan fingerprint density at radius 3 is 2.48 bits per heavy atom. The number of anilines is 1. The van der Waals surface area contributed by atoms with E-state index in [4.69, 9.17) is 5.73 Å². The molecule has 2 heterocycles. The number of rotatable bonds is 1. The molecule has 1 aromatic carbocycles. The molecule has 3 rings (SSSR count). The Bertz CT molecular complexity index is 823. The van der Waals surface area contributed by atoms with Crippen LogP contribution < -0.4 is 5.73 Å². The minimum atomic E-state index is -4.50. The molecular formula is C13H8F4N4. The standard InChI is InChI=1S/C13H8F4N4/c14-10-5-8(18)2-3-9(10)12-20-19-11-4-1-7(6-21(11)12)13(15,16)17/h1-6H,18H2. The summed E-state index contributed by atoms with van der Waals surface area (Å²) in [5, 5.41) is 7.47. The van der Waals surface area contributed by atoms with Gasteiger partial charge in [-0.2, -0.15) is 13.2 Å². The van der Waals surface area contributed by atoms with Gasteiger partial charge in [-0.1, -0.05) is 0 Å². The quantitative estimate of drug-likeness (QED) is 0.554. The number of fused-ring (bicyclic) bond motifs is 1. The average molecular weight is 296 g/mol. The van der Waals surface area contributed by atoms with Crippen molar-refractivity contribution in [2.75, 3.05) is 5.73 Å². The van der Waals surface area contributed by atoms with Crippen LogP contribution in [0.25, 0.3) is 17.0 Å². The molecule has 0 radical (unpaired) electrons. The van der Waals surface area contributed by atoms with Crippen LogP contribution in [-0.4, -0.2) is 14.6 Å². The molecule has 3 aromatic rings. The molecule has 0 aliphatic rings. The molecule has 0 saturated carbocycles. The molecule has 4 nitrogen and oxygen atoms in total. The fourth-order valence-corrected chi connectivity index (χ4v) is 1.95. The first kappa shape index (κ1) is 13.3. The van der Waals surface area contributed by atoms with Gasteiger partial charge in [-0.15, -0.1) is 10.2 Å². The van der Waals surface area contributed by atoms with Crippen LogP contribution in [0.2, 0.25) is 0 Å². The van der Waals surface area contributed by atoms with Crippen LogP contribution in [0, 0.1) is 5.82 Å². The van der Waals surface area contributed by atoms with Gasteiger partial charge in [0, 0.05) is 11.9 Å². The maximum absolute atomic E-state index is 13.9. The number of hydrogen-bond acceptors (Lipinski definition) is 3. The van der Waals surface area contributed by atoms with Gasteiger partial charge in [-0.05, 0) is 30.3 Å². The molecule has 21 heavy (non-hydrogen) atoms. The van der Waals surface area contributed by atoms with Crippen LogP contribution in [-0.2, 0) is 6.18 Å². The van der Waals surface area contributed by atoms with Gasteiger partial charge in [-0.25, -0.2) is 4.39 Å². The van der Waals surface area contributed by atoms with E-state index in [1.54, 1.807) is 0 Å². The van der Waals surface area contributed by atoms with Crippen LogP contribution in [0.4, 0.5) is 23.2 Å². The van der Waals surface area contributed by atoms with Crippen molar-refractivity contribution >= 4 is 11.3 Å². The largest absolute Gasteiger partial charge is 0.417 e. The summed E-state index contributed by atoms with van der Waals surface area (Å²) in [6, 6.07) is 5.93. The summed E-state index contributed by atoms with van der Waals surface area (Å²) in [7, 11) is 0. The second-order valence-corrected chi connectivity index (χ2v) is 4.41. The lowest BCUT2D eigenvalue weighted by molar-refractivity contribution is -0.137. The van der Waals surface area contributed by atoms with E-state index in [1.807, 2.05) is 0 Å². The Balaban J connectivity index is 2.23. The molecule has 0 aliphatic carbocycles. The zero-order valence-corrected chi connectivity index (χ0v) is 10.4. The summed E-state index contributed by atoms with van der Waals surface area (Å²) in [6.45, 7) is 0. The lowest BCUT2D eigenvalue weighted by Crippen LogP contribution is -2.06.